The van der Waals surface area contributed by atoms with E-state index in [1.165, 1.54) is 0 Å². The standard InChI is InChI=1S/C7H12N4O.ClH/c1-6-7(10-12-9-6)11-4-2-8-3-5-11;/h8H,2-5H2,1H3;1H. The van der Waals surface area contributed by atoms with E-state index in [4.69, 9.17) is 0 Å². The molecule has 0 saturated carbocycles. The Morgan fingerprint density at radius 2 is 2.00 bits per heavy atom. The minimum absolute atomic E-state index is 0. The van der Waals surface area contributed by atoms with E-state index in [2.05, 4.69) is 25.2 Å². The average Bonchev–Trinajstić information content (AvgIpc) is 2.53. The zero-order valence-electron chi connectivity index (χ0n) is 7.49. The molecule has 1 aromatic heterocycles. The van der Waals surface area contributed by atoms with Crippen molar-refractivity contribution in [2.75, 3.05) is 31.1 Å². The molecule has 0 aliphatic carbocycles. The molecule has 1 aromatic rings. The molecule has 0 radical (unpaired) electrons. The van der Waals surface area contributed by atoms with Crippen LogP contribution < -0.4 is 10.2 Å². The quantitative estimate of drug-likeness (QED) is 0.709. The third-order valence-electron chi connectivity index (χ3n) is 2.05. The van der Waals surface area contributed by atoms with Crippen LogP contribution in [0.15, 0.2) is 4.63 Å². The number of hydrogen-bond donors (Lipinski definition) is 1. The highest BCUT2D eigenvalue weighted by Crippen LogP contribution is 2.14. The molecule has 5 nitrogen and oxygen atoms in total. The van der Waals surface area contributed by atoms with Gasteiger partial charge in [-0.25, -0.2) is 4.63 Å². The maximum atomic E-state index is 4.64. The highest BCUT2D eigenvalue weighted by Gasteiger charge is 2.16. The second-order valence-electron chi connectivity index (χ2n) is 2.91. The van der Waals surface area contributed by atoms with Crippen LogP contribution in [-0.2, 0) is 0 Å². The Morgan fingerprint density at radius 3 is 2.54 bits per heavy atom. The van der Waals surface area contributed by atoms with Gasteiger partial charge in [0.05, 0.1) is 0 Å². The second kappa shape index (κ2) is 4.43. The number of nitrogens with one attached hydrogen (secondary N) is 1. The minimum Gasteiger partial charge on any atom is -0.350 e. The maximum absolute atomic E-state index is 4.64. The van der Waals surface area contributed by atoms with Crippen LogP contribution in [0.5, 0.6) is 0 Å². The van der Waals surface area contributed by atoms with Crippen molar-refractivity contribution in [1.29, 1.82) is 0 Å². The summed E-state index contributed by atoms with van der Waals surface area (Å²) >= 11 is 0. The largest absolute Gasteiger partial charge is 0.350 e. The van der Waals surface area contributed by atoms with Gasteiger partial charge in [-0.05, 0) is 12.1 Å². The Kier molecular flexibility index (Phi) is 3.50. The molecule has 2 heterocycles. The van der Waals surface area contributed by atoms with Crippen molar-refractivity contribution in [1.82, 2.24) is 15.6 Å². The van der Waals surface area contributed by atoms with Gasteiger partial charge in [-0.3, -0.25) is 0 Å². The second-order valence-corrected chi connectivity index (χ2v) is 2.91. The number of aryl methyl sites for hydroxylation is 1. The number of halogens is 1. The maximum Gasteiger partial charge on any atom is 0.196 e. The van der Waals surface area contributed by atoms with Crippen LogP contribution in [0, 0.1) is 6.92 Å². The minimum atomic E-state index is 0. The molecule has 13 heavy (non-hydrogen) atoms. The van der Waals surface area contributed by atoms with Gasteiger partial charge in [-0.15, -0.1) is 12.4 Å². The molecule has 1 aliphatic rings. The van der Waals surface area contributed by atoms with Gasteiger partial charge in [0.15, 0.2) is 5.82 Å². The van der Waals surface area contributed by atoms with Crippen LogP contribution in [0.3, 0.4) is 0 Å². The van der Waals surface area contributed by atoms with Crippen molar-refractivity contribution in [3.63, 3.8) is 0 Å². The van der Waals surface area contributed by atoms with Crippen molar-refractivity contribution in [3.05, 3.63) is 5.69 Å². The Balaban J connectivity index is 0.000000845. The summed E-state index contributed by atoms with van der Waals surface area (Å²) in [5.74, 6) is 0.886. The molecule has 1 fully saturated rings. The smallest absolute Gasteiger partial charge is 0.196 e. The fraction of sp³-hybridized carbons (Fsp3) is 0.714. The number of anilines is 1. The molecular formula is C7H13ClN4O. The first-order valence-corrected chi connectivity index (χ1v) is 4.13. The Morgan fingerprint density at radius 1 is 1.31 bits per heavy atom. The van der Waals surface area contributed by atoms with Crippen LogP contribution >= 0.6 is 12.4 Å². The summed E-state index contributed by atoms with van der Waals surface area (Å²) in [4.78, 5) is 2.18. The predicted octanol–water partition coefficient (Wildman–Crippen LogP) is 0.209. The van der Waals surface area contributed by atoms with Crippen molar-refractivity contribution in [3.8, 4) is 0 Å². The topological polar surface area (TPSA) is 54.2 Å². The summed E-state index contributed by atoms with van der Waals surface area (Å²) in [6.45, 7) is 5.89. The van der Waals surface area contributed by atoms with Gasteiger partial charge < -0.3 is 10.2 Å². The number of nitrogens with zero attached hydrogens (tertiary/aromatic N) is 3. The van der Waals surface area contributed by atoms with Crippen molar-refractivity contribution < 1.29 is 4.63 Å². The van der Waals surface area contributed by atoms with Gasteiger partial charge in [0.2, 0.25) is 0 Å². The number of rotatable bonds is 1. The van der Waals surface area contributed by atoms with Crippen LogP contribution in [0.25, 0.3) is 0 Å². The monoisotopic (exact) mass is 204 g/mol. The zero-order chi connectivity index (χ0) is 8.39. The highest BCUT2D eigenvalue weighted by atomic mass is 35.5. The summed E-state index contributed by atoms with van der Waals surface area (Å²) in [7, 11) is 0. The Hall–Kier alpha value is -0.810. The SMILES string of the molecule is Cc1nonc1N1CCNCC1.Cl. The highest BCUT2D eigenvalue weighted by molar-refractivity contribution is 5.85. The lowest BCUT2D eigenvalue weighted by molar-refractivity contribution is 0.304. The molecule has 6 heteroatoms. The Bertz CT molecular complexity index is 259. The summed E-state index contributed by atoms with van der Waals surface area (Å²) in [6, 6.07) is 0. The predicted molar refractivity (Wildman–Crippen MR) is 51.4 cm³/mol. The van der Waals surface area contributed by atoms with Crippen LogP contribution in [-0.4, -0.2) is 36.5 Å². The van der Waals surface area contributed by atoms with E-state index in [1.807, 2.05) is 6.92 Å². The van der Waals surface area contributed by atoms with E-state index in [-0.39, 0.29) is 12.4 Å². The van der Waals surface area contributed by atoms with E-state index in [1.54, 1.807) is 0 Å². The zero-order valence-corrected chi connectivity index (χ0v) is 8.30. The first kappa shape index (κ1) is 10.3. The molecule has 74 valence electrons. The van der Waals surface area contributed by atoms with Crippen molar-refractivity contribution in [2.45, 2.75) is 6.92 Å². The lowest BCUT2D eigenvalue weighted by Gasteiger charge is -2.26. The van der Waals surface area contributed by atoms with E-state index in [9.17, 15) is 0 Å². The molecule has 0 bridgehead atoms. The molecule has 1 saturated heterocycles. The summed E-state index contributed by atoms with van der Waals surface area (Å²) < 4.78 is 4.64. The summed E-state index contributed by atoms with van der Waals surface area (Å²) in [5, 5.41) is 10.9. The molecule has 2 rings (SSSR count). The summed E-state index contributed by atoms with van der Waals surface area (Å²) in [5.41, 5.74) is 0.872. The van der Waals surface area contributed by atoms with Crippen LogP contribution in [0.4, 0.5) is 5.82 Å². The molecular weight excluding hydrogens is 192 g/mol. The van der Waals surface area contributed by atoms with E-state index in [0.29, 0.717) is 0 Å². The van der Waals surface area contributed by atoms with Gasteiger partial charge in [0, 0.05) is 26.2 Å². The van der Waals surface area contributed by atoms with E-state index >= 15 is 0 Å². The van der Waals surface area contributed by atoms with Crippen LogP contribution in [0.2, 0.25) is 0 Å². The number of hydrogen-bond acceptors (Lipinski definition) is 5. The Labute approximate surface area is 82.8 Å². The van der Waals surface area contributed by atoms with Gasteiger partial charge in [0.1, 0.15) is 5.69 Å². The number of aromatic nitrogens is 2. The molecule has 0 spiro atoms. The lowest BCUT2D eigenvalue weighted by atomic mass is 10.3. The van der Waals surface area contributed by atoms with E-state index in [0.717, 1.165) is 37.7 Å². The fourth-order valence-corrected chi connectivity index (χ4v) is 1.39. The van der Waals surface area contributed by atoms with Gasteiger partial charge >= 0.3 is 0 Å². The van der Waals surface area contributed by atoms with E-state index < -0.39 is 0 Å². The molecule has 0 unspecified atom stereocenters. The molecule has 0 aromatic carbocycles. The molecule has 0 atom stereocenters. The first-order valence-electron chi connectivity index (χ1n) is 4.13. The third kappa shape index (κ3) is 2.10. The fourth-order valence-electron chi connectivity index (χ4n) is 1.39. The van der Waals surface area contributed by atoms with Crippen molar-refractivity contribution >= 4 is 18.2 Å². The number of piperazine rings is 1. The average molecular weight is 205 g/mol. The molecule has 1 N–H and O–H groups in total. The lowest BCUT2D eigenvalue weighted by Crippen LogP contribution is -2.43. The van der Waals surface area contributed by atoms with Gasteiger partial charge in [-0.2, -0.15) is 0 Å². The first-order chi connectivity index (χ1) is 5.88. The molecule has 0 amide bonds. The van der Waals surface area contributed by atoms with Crippen molar-refractivity contribution in [2.24, 2.45) is 0 Å². The van der Waals surface area contributed by atoms with Gasteiger partial charge in [0.25, 0.3) is 0 Å². The summed E-state index contributed by atoms with van der Waals surface area (Å²) in [6.07, 6.45) is 0. The van der Waals surface area contributed by atoms with Crippen LogP contribution in [0.1, 0.15) is 5.69 Å². The third-order valence-corrected chi connectivity index (χ3v) is 2.05. The molecule has 1 aliphatic heterocycles. The normalized spacial score (nSPS) is 16.8. The van der Waals surface area contributed by atoms with Gasteiger partial charge in [-0.1, -0.05) is 5.16 Å².